The van der Waals surface area contributed by atoms with Crippen molar-refractivity contribution in [3.05, 3.63) is 23.9 Å². The third-order valence-corrected chi connectivity index (χ3v) is 5.73. The van der Waals surface area contributed by atoms with Crippen LogP contribution in [-0.2, 0) is 14.6 Å². The van der Waals surface area contributed by atoms with Gasteiger partial charge in [0.1, 0.15) is 5.60 Å². The molecule has 0 bridgehead atoms. The normalized spacial score (nSPS) is 19.5. The molecule has 0 saturated carbocycles. The molecule has 1 saturated heterocycles. The van der Waals surface area contributed by atoms with Gasteiger partial charge < -0.3 is 9.64 Å². The molecular weight excluding hydrogens is 316 g/mol. The van der Waals surface area contributed by atoms with Gasteiger partial charge in [-0.2, -0.15) is 0 Å². The third kappa shape index (κ3) is 4.43. The second-order valence-electron chi connectivity index (χ2n) is 6.91. The molecule has 1 fully saturated rings. The highest BCUT2D eigenvalue weighted by Crippen LogP contribution is 2.24. The summed E-state index contributed by atoms with van der Waals surface area (Å²) < 4.78 is 30.8. The summed E-state index contributed by atoms with van der Waals surface area (Å²) in [6.45, 7) is 7.89. The number of aryl methyl sites for hydroxylation is 1. The molecule has 128 valence electrons. The van der Waals surface area contributed by atoms with Crippen molar-refractivity contribution in [3.63, 3.8) is 0 Å². The number of hydrogen-bond donors (Lipinski definition) is 0. The molecule has 0 radical (unpaired) electrons. The van der Waals surface area contributed by atoms with Crippen molar-refractivity contribution in [3.8, 4) is 0 Å². The van der Waals surface area contributed by atoms with E-state index in [0.717, 1.165) is 5.56 Å². The average molecular weight is 340 g/mol. The molecule has 1 aromatic rings. The van der Waals surface area contributed by atoms with Gasteiger partial charge in [0.05, 0.1) is 5.25 Å². The second-order valence-corrected chi connectivity index (χ2v) is 9.08. The maximum absolute atomic E-state index is 12.7. The van der Waals surface area contributed by atoms with E-state index >= 15 is 0 Å². The van der Waals surface area contributed by atoms with E-state index < -0.39 is 26.8 Å². The number of pyridine rings is 1. The first kappa shape index (κ1) is 17.7. The molecule has 6 nitrogen and oxygen atoms in total. The lowest BCUT2D eigenvalue weighted by atomic mass is 10.1. The second kappa shape index (κ2) is 6.47. The largest absolute Gasteiger partial charge is 0.444 e. The molecule has 0 N–H and O–H groups in total. The van der Waals surface area contributed by atoms with E-state index in [9.17, 15) is 13.2 Å². The maximum Gasteiger partial charge on any atom is 0.410 e. The van der Waals surface area contributed by atoms with Gasteiger partial charge in [-0.15, -0.1) is 0 Å². The van der Waals surface area contributed by atoms with E-state index in [-0.39, 0.29) is 11.6 Å². The molecule has 0 spiro atoms. The van der Waals surface area contributed by atoms with Gasteiger partial charge in [0.15, 0.2) is 14.9 Å². The molecule has 1 amide bonds. The summed E-state index contributed by atoms with van der Waals surface area (Å²) in [6.07, 6.45) is 2.24. The minimum absolute atomic E-state index is 0.0686. The Morgan fingerprint density at radius 2 is 2.04 bits per heavy atom. The molecule has 7 heteroatoms. The Balaban J connectivity index is 2.14. The average Bonchev–Trinajstić information content (AvgIpc) is 2.46. The number of ether oxygens (including phenoxy) is 1. The standard InChI is InChI=1S/C16H24N2O4S/c1-12-7-8-14(17-10-12)23(20,21)13-6-5-9-18(11-13)15(19)22-16(2,3)4/h7-8,10,13H,5-6,9,11H2,1-4H3/t13-/m0/s1. The highest BCUT2D eigenvalue weighted by atomic mass is 32.2. The molecule has 0 aromatic carbocycles. The molecule has 1 aliphatic heterocycles. The fourth-order valence-electron chi connectivity index (χ4n) is 2.48. The van der Waals surface area contributed by atoms with Crippen LogP contribution in [0.15, 0.2) is 23.4 Å². The van der Waals surface area contributed by atoms with Gasteiger partial charge in [-0.25, -0.2) is 18.2 Å². The summed E-state index contributed by atoms with van der Waals surface area (Å²) in [6, 6.07) is 3.26. The van der Waals surface area contributed by atoms with Crippen LogP contribution < -0.4 is 0 Å². The number of nitrogens with zero attached hydrogens (tertiary/aromatic N) is 2. The van der Waals surface area contributed by atoms with Crippen LogP contribution in [0.3, 0.4) is 0 Å². The van der Waals surface area contributed by atoms with Gasteiger partial charge in [0.25, 0.3) is 0 Å². The van der Waals surface area contributed by atoms with Crippen molar-refractivity contribution >= 4 is 15.9 Å². The van der Waals surface area contributed by atoms with Crippen molar-refractivity contribution < 1.29 is 17.9 Å². The first-order valence-corrected chi connectivity index (χ1v) is 9.29. The van der Waals surface area contributed by atoms with Gasteiger partial charge in [-0.1, -0.05) is 6.07 Å². The minimum Gasteiger partial charge on any atom is -0.444 e. The third-order valence-electron chi connectivity index (χ3n) is 3.64. The highest BCUT2D eigenvalue weighted by Gasteiger charge is 2.35. The highest BCUT2D eigenvalue weighted by molar-refractivity contribution is 7.92. The lowest BCUT2D eigenvalue weighted by Gasteiger charge is -2.33. The van der Waals surface area contributed by atoms with Gasteiger partial charge in [-0.05, 0) is 52.2 Å². The van der Waals surface area contributed by atoms with Gasteiger partial charge in [0, 0.05) is 19.3 Å². The van der Waals surface area contributed by atoms with Crippen LogP contribution in [0.5, 0.6) is 0 Å². The number of rotatable bonds is 2. The topological polar surface area (TPSA) is 76.6 Å². The Kier molecular flexibility index (Phi) is 4.98. The summed E-state index contributed by atoms with van der Waals surface area (Å²) in [7, 11) is -3.55. The van der Waals surface area contributed by atoms with E-state index in [1.807, 2.05) is 6.92 Å². The number of carbonyl (C=O) groups is 1. The predicted octanol–water partition coefficient (Wildman–Crippen LogP) is 2.56. The number of piperidine rings is 1. The number of amides is 1. The van der Waals surface area contributed by atoms with Crippen molar-refractivity contribution in [1.82, 2.24) is 9.88 Å². The van der Waals surface area contributed by atoms with E-state index in [1.54, 1.807) is 33.0 Å². The molecule has 1 aliphatic rings. The smallest absolute Gasteiger partial charge is 0.410 e. The zero-order valence-electron chi connectivity index (χ0n) is 14.1. The Hall–Kier alpha value is -1.63. The fourth-order valence-corrected chi connectivity index (χ4v) is 4.13. The molecule has 2 rings (SSSR count). The van der Waals surface area contributed by atoms with Gasteiger partial charge in [-0.3, -0.25) is 0 Å². The van der Waals surface area contributed by atoms with E-state index in [2.05, 4.69) is 4.98 Å². The Labute approximate surface area is 137 Å². The van der Waals surface area contributed by atoms with Crippen LogP contribution in [0.2, 0.25) is 0 Å². The Bertz CT molecular complexity index is 662. The monoisotopic (exact) mass is 340 g/mol. The van der Waals surface area contributed by atoms with E-state index in [1.165, 1.54) is 11.0 Å². The van der Waals surface area contributed by atoms with E-state index in [0.29, 0.717) is 19.4 Å². The number of sulfone groups is 1. The number of carbonyl (C=O) groups excluding carboxylic acids is 1. The van der Waals surface area contributed by atoms with Gasteiger partial charge >= 0.3 is 6.09 Å². The Morgan fingerprint density at radius 3 is 2.61 bits per heavy atom. The summed E-state index contributed by atoms with van der Waals surface area (Å²) in [5.74, 6) is 0. The van der Waals surface area contributed by atoms with Crippen molar-refractivity contribution in [2.24, 2.45) is 0 Å². The van der Waals surface area contributed by atoms with Crippen molar-refractivity contribution in [1.29, 1.82) is 0 Å². The molecule has 1 aromatic heterocycles. The van der Waals surface area contributed by atoms with Crippen LogP contribution in [0, 0.1) is 6.92 Å². The van der Waals surface area contributed by atoms with Crippen LogP contribution in [-0.4, -0.2) is 48.3 Å². The summed E-state index contributed by atoms with van der Waals surface area (Å²) in [5, 5.41) is -0.571. The SMILES string of the molecule is Cc1ccc(S(=O)(=O)[C@H]2CCCN(C(=O)OC(C)(C)C)C2)nc1. The zero-order chi connectivity index (χ0) is 17.3. The summed E-state index contributed by atoms with van der Waals surface area (Å²) in [4.78, 5) is 17.7. The Morgan fingerprint density at radius 1 is 1.35 bits per heavy atom. The van der Waals surface area contributed by atoms with E-state index in [4.69, 9.17) is 4.74 Å². The zero-order valence-corrected chi connectivity index (χ0v) is 14.9. The molecule has 1 atom stereocenters. The lowest BCUT2D eigenvalue weighted by molar-refractivity contribution is 0.0219. The van der Waals surface area contributed by atoms with Gasteiger partial charge in [0.2, 0.25) is 0 Å². The number of hydrogen-bond acceptors (Lipinski definition) is 5. The fraction of sp³-hybridized carbons (Fsp3) is 0.625. The molecule has 0 unspecified atom stereocenters. The van der Waals surface area contributed by atoms with Crippen molar-refractivity contribution in [2.75, 3.05) is 13.1 Å². The summed E-state index contributed by atoms with van der Waals surface area (Å²) in [5.41, 5.74) is 0.310. The van der Waals surface area contributed by atoms with Crippen LogP contribution in [0.4, 0.5) is 4.79 Å². The quantitative estimate of drug-likeness (QED) is 0.827. The minimum atomic E-state index is -3.55. The number of aromatic nitrogens is 1. The molecule has 0 aliphatic carbocycles. The van der Waals surface area contributed by atoms with Crippen molar-refractivity contribution in [2.45, 2.75) is 56.4 Å². The summed E-state index contributed by atoms with van der Waals surface area (Å²) >= 11 is 0. The van der Waals surface area contributed by atoms with Crippen LogP contribution in [0.1, 0.15) is 39.2 Å². The predicted molar refractivity (Wildman–Crippen MR) is 87.0 cm³/mol. The van der Waals surface area contributed by atoms with Crippen LogP contribution in [0.25, 0.3) is 0 Å². The first-order valence-electron chi connectivity index (χ1n) is 7.74. The number of likely N-dealkylation sites (tertiary alicyclic amines) is 1. The van der Waals surface area contributed by atoms with Crippen LogP contribution >= 0.6 is 0 Å². The first-order chi connectivity index (χ1) is 10.6. The molecule has 2 heterocycles. The molecule has 23 heavy (non-hydrogen) atoms. The lowest BCUT2D eigenvalue weighted by Crippen LogP contribution is -2.47. The maximum atomic E-state index is 12.7. The molecular formula is C16H24N2O4S.